The first-order chi connectivity index (χ1) is 8.60. The van der Waals surface area contributed by atoms with Crippen molar-refractivity contribution in [2.75, 3.05) is 13.1 Å². The first-order valence-corrected chi connectivity index (χ1v) is 6.43. The molecule has 1 aromatic rings. The zero-order chi connectivity index (χ0) is 12.8. The van der Waals surface area contributed by atoms with Gasteiger partial charge in [0, 0.05) is 13.0 Å². The quantitative estimate of drug-likeness (QED) is 0.731. The van der Waals surface area contributed by atoms with Crippen LogP contribution in [0.1, 0.15) is 13.3 Å². The van der Waals surface area contributed by atoms with E-state index < -0.39 is 11.2 Å². The van der Waals surface area contributed by atoms with Crippen molar-refractivity contribution in [3.05, 3.63) is 24.3 Å². The van der Waals surface area contributed by atoms with Crippen molar-refractivity contribution in [1.29, 1.82) is 0 Å². The van der Waals surface area contributed by atoms with Gasteiger partial charge >= 0.3 is 0 Å². The van der Waals surface area contributed by atoms with Crippen LogP contribution in [0.4, 0.5) is 0 Å². The maximum atomic E-state index is 11.8. The van der Waals surface area contributed by atoms with E-state index in [2.05, 4.69) is 0 Å². The molecule has 1 saturated heterocycles. The number of rotatable bonds is 1. The lowest BCUT2D eigenvalue weighted by Crippen LogP contribution is -2.44. The summed E-state index contributed by atoms with van der Waals surface area (Å²) in [5.74, 6) is 0.693. The Kier molecular flexibility index (Phi) is 2.63. The monoisotopic (exact) mass is 267 g/mol. The molecule has 96 valence electrons. The molecule has 3 rings (SSSR count). The maximum Gasteiger partial charge on any atom is 0.270 e. The molecule has 18 heavy (non-hydrogen) atoms. The second-order valence-electron chi connectivity index (χ2n) is 4.69. The van der Waals surface area contributed by atoms with Crippen molar-refractivity contribution < 1.29 is 14.3 Å². The number of amides is 1. The van der Waals surface area contributed by atoms with E-state index in [0.717, 1.165) is 11.5 Å². The minimum atomic E-state index is -0.717. The van der Waals surface area contributed by atoms with Crippen molar-refractivity contribution >= 4 is 17.5 Å². The average molecular weight is 268 g/mol. The van der Waals surface area contributed by atoms with E-state index in [0.29, 0.717) is 19.5 Å². The zero-order valence-electron chi connectivity index (χ0n) is 10.1. The molecule has 1 spiro atoms. The summed E-state index contributed by atoms with van der Waals surface area (Å²) in [6.07, 6.45) is 0.664. The molecule has 0 radical (unpaired) electrons. The number of nitrogens with zero attached hydrogens (tertiary/aromatic N) is 1. The highest BCUT2D eigenvalue weighted by atomic mass is 35.5. The van der Waals surface area contributed by atoms with Gasteiger partial charge in [-0.05, 0) is 19.1 Å². The van der Waals surface area contributed by atoms with Gasteiger partial charge in [0.25, 0.3) is 5.79 Å². The Morgan fingerprint density at radius 1 is 1.39 bits per heavy atom. The van der Waals surface area contributed by atoms with Crippen LogP contribution in [0.15, 0.2) is 24.3 Å². The van der Waals surface area contributed by atoms with Gasteiger partial charge in [0.2, 0.25) is 5.91 Å². The van der Waals surface area contributed by atoms with Crippen LogP contribution < -0.4 is 9.47 Å². The molecule has 0 aromatic heterocycles. The molecule has 1 aromatic carbocycles. The second kappa shape index (κ2) is 4.05. The van der Waals surface area contributed by atoms with Crippen LogP contribution in [0.25, 0.3) is 0 Å². The van der Waals surface area contributed by atoms with Crippen molar-refractivity contribution in [2.45, 2.75) is 24.5 Å². The lowest BCUT2D eigenvalue weighted by atomic mass is 10.2. The minimum Gasteiger partial charge on any atom is -0.447 e. The molecule has 1 unspecified atom stereocenters. The fourth-order valence-electron chi connectivity index (χ4n) is 2.40. The van der Waals surface area contributed by atoms with Gasteiger partial charge in [-0.2, -0.15) is 0 Å². The minimum absolute atomic E-state index is 0.0725. The molecule has 1 fully saturated rings. The number of alkyl halides is 1. The molecule has 5 heteroatoms. The van der Waals surface area contributed by atoms with E-state index in [1.807, 2.05) is 24.3 Å². The van der Waals surface area contributed by atoms with Gasteiger partial charge in [0.05, 0.1) is 6.54 Å². The first kappa shape index (κ1) is 11.7. The fourth-order valence-corrected chi connectivity index (χ4v) is 2.54. The molecule has 0 saturated carbocycles. The van der Waals surface area contributed by atoms with Gasteiger partial charge in [-0.1, -0.05) is 12.1 Å². The number of carbonyl (C=O) groups is 1. The second-order valence-corrected chi connectivity index (χ2v) is 5.34. The van der Waals surface area contributed by atoms with E-state index in [-0.39, 0.29) is 5.91 Å². The Balaban J connectivity index is 1.76. The SMILES string of the molecule is CC(Cl)C(=O)N1CCC2(C1)Oc1ccccc1O2. The molecule has 2 aliphatic heterocycles. The van der Waals surface area contributed by atoms with E-state index in [1.54, 1.807) is 11.8 Å². The summed E-state index contributed by atoms with van der Waals surface area (Å²) in [4.78, 5) is 13.5. The molecule has 0 aliphatic carbocycles. The highest BCUT2D eigenvalue weighted by Crippen LogP contribution is 2.42. The number of benzene rings is 1. The number of carbonyl (C=O) groups excluding carboxylic acids is 1. The smallest absolute Gasteiger partial charge is 0.270 e. The lowest BCUT2D eigenvalue weighted by Gasteiger charge is -2.23. The summed E-state index contributed by atoms with van der Waals surface area (Å²) in [5.41, 5.74) is 0. The molecular formula is C13H14ClNO3. The number of likely N-dealkylation sites (tertiary alicyclic amines) is 1. The Labute approximate surface area is 110 Å². The van der Waals surface area contributed by atoms with Crippen molar-refractivity contribution in [3.63, 3.8) is 0 Å². The Bertz CT molecular complexity index is 464. The van der Waals surface area contributed by atoms with Crippen LogP contribution in [0, 0.1) is 0 Å². The Morgan fingerprint density at radius 3 is 2.56 bits per heavy atom. The number of halogens is 1. The van der Waals surface area contributed by atoms with Gasteiger partial charge in [0.1, 0.15) is 5.38 Å². The summed E-state index contributed by atoms with van der Waals surface area (Å²) < 4.78 is 11.7. The first-order valence-electron chi connectivity index (χ1n) is 6.00. The molecular weight excluding hydrogens is 254 g/mol. The van der Waals surface area contributed by atoms with E-state index in [1.165, 1.54) is 0 Å². The topological polar surface area (TPSA) is 38.8 Å². The van der Waals surface area contributed by atoms with Crippen molar-refractivity contribution in [2.24, 2.45) is 0 Å². The third-order valence-corrected chi connectivity index (χ3v) is 3.47. The van der Waals surface area contributed by atoms with Crippen LogP contribution >= 0.6 is 11.6 Å². The molecule has 0 N–H and O–H groups in total. The number of fused-ring (bicyclic) bond motifs is 1. The summed E-state index contributed by atoms with van der Waals surface area (Å²) >= 11 is 5.82. The number of para-hydroxylation sites is 2. The van der Waals surface area contributed by atoms with Crippen molar-refractivity contribution in [3.8, 4) is 11.5 Å². The lowest BCUT2D eigenvalue weighted by molar-refractivity contribution is -0.132. The number of ether oxygens (including phenoxy) is 2. The van der Waals surface area contributed by atoms with Gasteiger partial charge in [-0.3, -0.25) is 4.79 Å². The largest absolute Gasteiger partial charge is 0.447 e. The van der Waals surface area contributed by atoms with Crippen LogP contribution in [0.2, 0.25) is 0 Å². The fraction of sp³-hybridized carbons (Fsp3) is 0.462. The van der Waals surface area contributed by atoms with E-state index in [9.17, 15) is 4.79 Å². The zero-order valence-corrected chi connectivity index (χ0v) is 10.8. The van der Waals surface area contributed by atoms with Gasteiger partial charge in [-0.15, -0.1) is 11.6 Å². The maximum absolute atomic E-state index is 11.8. The van der Waals surface area contributed by atoms with Crippen LogP contribution in [0.5, 0.6) is 11.5 Å². The normalized spacial score (nSPS) is 21.3. The summed E-state index contributed by atoms with van der Waals surface area (Å²) in [5, 5.41) is -0.510. The predicted octanol–water partition coefficient (Wildman–Crippen LogP) is 2.01. The molecule has 0 bridgehead atoms. The summed E-state index contributed by atoms with van der Waals surface area (Å²) in [7, 11) is 0. The Morgan fingerprint density at radius 2 is 2.00 bits per heavy atom. The van der Waals surface area contributed by atoms with Gasteiger partial charge < -0.3 is 14.4 Å². The van der Waals surface area contributed by atoms with E-state index >= 15 is 0 Å². The molecule has 2 aliphatic rings. The molecule has 4 nitrogen and oxygen atoms in total. The van der Waals surface area contributed by atoms with Crippen LogP contribution in [-0.2, 0) is 4.79 Å². The number of hydrogen-bond donors (Lipinski definition) is 0. The van der Waals surface area contributed by atoms with Crippen LogP contribution in [0.3, 0.4) is 0 Å². The predicted molar refractivity (Wildman–Crippen MR) is 66.9 cm³/mol. The van der Waals surface area contributed by atoms with Crippen molar-refractivity contribution in [1.82, 2.24) is 4.90 Å². The summed E-state index contributed by atoms with van der Waals surface area (Å²) in [6, 6.07) is 7.55. The van der Waals surface area contributed by atoms with Gasteiger partial charge in [0.15, 0.2) is 11.5 Å². The molecule has 1 amide bonds. The average Bonchev–Trinajstić information content (AvgIpc) is 2.91. The third kappa shape index (κ3) is 1.81. The van der Waals surface area contributed by atoms with Gasteiger partial charge in [-0.25, -0.2) is 0 Å². The summed E-state index contributed by atoms with van der Waals surface area (Å²) in [6.45, 7) is 2.72. The van der Waals surface area contributed by atoms with Crippen LogP contribution in [-0.4, -0.2) is 35.1 Å². The highest BCUT2D eigenvalue weighted by molar-refractivity contribution is 6.30. The Hall–Kier alpha value is -1.42. The molecule has 2 heterocycles. The third-order valence-electron chi connectivity index (χ3n) is 3.29. The standard InChI is InChI=1S/C13H14ClNO3/c1-9(14)12(16)15-7-6-13(8-15)17-10-4-2-3-5-11(10)18-13/h2-5,9H,6-8H2,1H3. The highest BCUT2D eigenvalue weighted by Gasteiger charge is 2.48. The van der Waals surface area contributed by atoms with E-state index in [4.69, 9.17) is 21.1 Å². The number of hydrogen-bond acceptors (Lipinski definition) is 3. The molecule has 1 atom stereocenters.